The van der Waals surface area contributed by atoms with Crippen molar-refractivity contribution in [1.82, 2.24) is 0 Å². The molecule has 6 aliphatic carbocycles. The molecule has 4 saturated carbocycles. The first-order valence-corrected chi connectivity index (χ1v) is 7.62. The van der Waals surface area contributed by atoms with Gasteiger partial charge in [0.15, 0.2) is 0 Å². The third kappa shape index (κ3) is 0.939. The van der Waals surface area contributed by atoms with Crippen molar-refractivity contribution in [3.05, 3.63) is 11.6 Å². The predicted octanol–water partition coefficient (Wildman–Crippen LogP) is 4.02. The second-order valence-corrected chi connectivity index (χ2v) is 7.29. The van der Waals surface area contributed by atoms with Crippen LogP contribution in [-0.2, 0) is 0 Å². The Bertz CT molecular complexity index is 366. The molecule has 0 radical (unpaired) electrons. The second-order valence-electron chi connectivity index (χ2n) is 7.29. The van der Waals surface area contributed by atoms with E-state index in [0.29, 0.717) is 0 Å². The zero-order valence-corrected chi connectivity index (χ0v) is 10.1. The van der Waals surface area contributed by atoms with Crippen LogP contribution in [0.3, 0.4) is 0 Å². The molecule has 0 heterocycles. The molecule has 0 aromatic heterocycles. The van der Waals surface area contributed by atoms with Crippen LogP contribution in [0.4, 0.5) is 0 Å². The summed E-state index contributed by atoms with van der Waals surface area (Å²) in [5.74, 6) is 7.89. The fourth-order valence-corrected chi connectivity index (χ4v) is 5.94. The van der Waals surface area contributed by atoms with Gasteiger partial charge in [0.05, 0.1) is 0 Å². The van der Waals surface area contributed by atoms with Crippen molar-refractivity contribution in [3.8, 4) is 0 Å². The summed E-state index contributed by atoms with van der Waals surface area (Å²) in [5, 5.41) is 0. The molecule has 16 heavy (non-hydrogen) atoms. The van der Waals surface area contributed by atoms with E-state index in [9.17, 15) is 0 Å². The van der Waals surface area contributed by atoms with Crippen LogP contribution >= 0.6 is 0 Å². The Labute approximate surface area is 98.5 Å². The predicted molar refractivity (Wildman–Crippen MR) is 64.8 cm³/mol. The first kappa shape index (κ1) is 8.78. The van der Waals surface area contributed by atoms with Crippen LogP contribution in [0, 0.1) is 41.4 Å². The topological polar surface area (TPSA) is 0 Å². The highest BCUT2D eigenvalue weighted by atomic mass is 14.6. The number of allylic oxidation sites excluding steroid dienone is 2. The quantitative estimate of drug-likeness (QED) is 0.578. The lowest BCUT2D eigenvalue weighted by Gasteiger charge is -2.50. The molecule has 0 amide bonds. The first-order valence-electron chi connectivity index (χ1n) is 7.62. The van der Waals surface area contributed by atoms with Crippen molar-refractivity contribution in [2.75, 3.05) is 0 Å². The van der Waals surface area contributed by atoms with Crippen LogP contribution in [0.25, 0.3) is 0 Å². The monoisotopic (exact) mass is 214 g/mol. The minimum atomic E-state index is 1.06. The minimum absolute atomic E-state index is 1.06. The van der Waals surface area contributed by atoms with Gasteiger partial charge in [-0.15, -0.1) is 0 Å². The molecule has 0 aliphatic heterocycles. The Morgan fingerprint density at radius 1 is 0.875 bits per heavy atom. The van der Waals surface area contributed by atoms with Gasteiger partial charge < -0.3 is 0 Å². The van der Waals surface area contributed by atoms with Gasteiger partial charge in [0, 0.05) is 0 Å². The molecular weight excluding hydrogens is 192 g/mol. The number of rotatable bonds is 1. The third-order valence-electron chi connectivity index (χ3n) is 6.93. The van der Waals surface area contributed by atoms with E-state index in [-0.39, 0.29) is 0 Å². The van der Waals surface area contributed by atoms with E-state index in [0.717, 1.165) is 41.4 Å². The minimum Gasteiger partial charge on any atom is -0.0813 e. The Balaban J connectivity index is 1.44. The van der Waals surface area contributed by atoms with Crippen molar-refractivity contribution in [3.63, 3.8) is 0 Å². The molecule has 7 atom stereocenters. The van der Waals surface area contributed by atoms with Crippen LogP contribution in [-0.4, -0.2) is 0 Å². The molecule has 0 aromatic rings. The summed E-state index contributed by atoms with van der Waals surface area (Å²) in [7, 11) is 0. The van der Waals surface area contributed by atoms with E-state index in [1.54, 1.807) is 38.5 Å². The fraction of sp³-hybridized carbons (Fsp3) is 0.875. The first-order chi connectivity index (χ1) is 7.92. The summed E-state index contributed by atoms with van der Waals surface area (Å²) in [6, 6.07) is 0. The van der Waals surface area contributed by atoms with Crippen LogP contribution in [0.2, 0.25) is 0 Å². The molecule has 86 valence electrons. The third-order valence-corrected chi connectivity index (χ3v) is 6.93. The van der Waals surface area contributed by atoms with E-state index in [2.05, 4.69) is 6.08 Å². The smallest absolute Gasteiger partial charge is 0.0165 e. The number of fused-ring (bicyclic) bond motifs is 2. The van der Waals surface area contributed by atoms with Gasteiger partial charge >= 0.3 is 0 Å². The van der Waals surface area contributed by atoms with E-state index in [1.165, 1.54) is 6.42 Å². The Kier molecular flexibility index (Phi) is 1.52. The van der Waals surface area contributed by atoms with Crippen molar-refractivity contribution < 1.29 is 0 Å². The van der Waals surface area contributed by atoms with Gasteiger partial charge in [-0.2, -0.15) is 0 Å². The summed E-state index contributed by atoms with van der Waals surface area (Å²) >= 11 is 0. The molecular formula is C16H22. The fourth-order valence-electron chi connectivity index (χ4n) is 5.94. The van der Waals surface area contributed by atoms with Crippen LogP contribution in [0.1, 0.15) is 44.9 Å². The molecule has 4 bridgehead atoms. The SMILES string of the molecule is C1=C2CC3C1C3CC2C1CCCC2CCC21. The summed E-state index contributed by atoms with van der Waals surface area (Å²) < 4.78 is 0. The van der Waals surface area contributed by atoms with E-state index >= 15 is 0 Å². The van der Waals surface area contributed by atoms with Gasteiger partial charge in [-0.25, -0.2) is 0 Å². The Hall–Kier alpha value is -0.260. The van der Waals surface area contributed by atoms with Gasteiger partial charge in [0.1, 0.15) is 0 Å². The van der Waals surface area contributed by atoms with Gasteiger partial charge in [0.25, 0.3) is 0 Å². The van der Waals surface area contributed by atoms with Crippen molar-refractivity contribution >= 4 is 0 Å². The highest BCUT2D eigenvalue weighted by Crippen LogP contribution is 2.67. The van der Waals surface area contributed by atoms with Crippen molar-refractivity contribution in [2.45, 2.75) is 44.9 Å². The number of hydrogen-bond acceptors (Lipinski definition) is 0. The lowest BCUT2D eigenvalue weighted by Crippen LogP contribution is -2.41. The Morgan fingerprint density at radius 2 is 1.88 bits per heavy atom. The maximum atomic E-state index is 2.71. The van der Waals surface area contributed by atoms with Crippen molar-refractivity contribution in [2.24, 2.45) is 41.4 Å². The van der Waals surface area contributed by atoms with Gasteiger partial charge in [0.2, 0.25) is 0 Å². The van der Waals surface area contributed by atoms with Gasteiger partial charge in [-0.3, -0.25) is 0 Å². The van der Waals surface area contributed by atoms with Gasteiger partial charge in [-0.1, -0.05) is 24.5 Å². The summed E-state index contributed by atoms with van der Waals surface area (Å²) in [5.41, 5.74) is 1.93. The maximum Gasteiger partial charge on any atom is -0.0165 e. The number of hydrogen-bond donors (Lipinski definition) is 0. The zero-order valence-electron chi connectivity index (χ0n) is 10.1. The zero-order chi connectivity index (χ0) is 10.3. The van der Waals surface area contributed by atoms with Crippen LogP contribution < -0.4 is 0 Å². The van der Waals surface area contributed by atoms with E-state index in [1.807, 2.05) is 5.57 Å². The molecule has 0 aromatic carbocycles. The Morgan fingerprint density at radius 3 is 2.50 bits per heavy atom. The molecule has 4 fully saturated rings. The molecule has 0 nitrogen and oxygen atoms in total. The van der Waals surface area contributed by atoms with E-state index in [4.69, 9.17) is 0 Å². The normalized spacial score (nSPS) is 61.0. The molecule has 0 N–H and O–H groups in total. The molecule has 0 saturated heterocycles. The highest BCUT2D eigenvalue weighted by molar-refractivity contribution is 5.32. The van der Waals surface area contributed by atoms with Crippen LogP contribution in [0.15, 0.2) is 11.6 Å². The average Bonchev–Trinajstić information content (AvgIpc) is 2.79. The lowest BCUT2D eigenvalue weighted by atomic mass is 9.55. The molecule has 0 heteroatoms. The highest BCUT2D eigenvalue weighted by Gasteiger charge is 2.59. The van der Waals surface area contributed by atoms with Gasteiger partial charge in [-0.05, 0) is 73.5 Å². The summed E-state index contributed by atoms with van der Waals surface area (Å²) in [4.78, 5) is 0. The van der Waals surface area contributed by atoms with E-state index < -0.39 is 0 Å². The molecule has 6 rings (SSSR count). The van der Waals surface area contributed by atoms with Crippen LogP contribution in [0.5, 0.6) is 0 Å². The lowest BCUT2D eigenvalue weighted by molar-refractivity contribution is 0.0204. The van der Waals surface area contributed by atoms with Crippen molar-refractivity contribution in [1.29, 1.82) is 0 Å². The average molecular weight is 214 g/mol. The summed E-state index contributed by atoms with van der Waals surface area (Å²) in [6.07, 6.45) is 13.7. The second kappa shape index (κ2) is 2.76. The molecule has 6 aliphatic rings. The molecule has 0 spiro atoms. The largest absolute Gasteiger partial charge is 0.0813 e. The standard InChI is InChI=1S/C16H22/c1-2-9-4-5-11(9)12(3-1)13-8-16-14-6-10(13)7-15(14)16/h6,9,11-16H,1-5,7-8H2. The molecule has 7 unspecified atom stereocenters. The maximum absolute atomic E-state index is 2.71. The summed E-state index contributed by atoms with van der Waals surface area (Å²) in [6.45, 7) is 0.